The summed E-state index contributed by atoms with van der Waals surface area (Å²) in [7, 11) is 0. The number of aromatic hydroxyl groups is 2. The van der Waals surface area contributed by atoms with Crippen LogP contribution in [0.1, 0.15) is 12.5 Å². The van der Waals surface area contributed by atoms with E-state index in [0.717, 1.165) is 12.5 Å². The SMILES string of the molecule is CC(=O)O.Cc1ccc(O)c(O)c1. The molecule has 0 aliphatic rings. The van der Waals surface area contributed by atoms with Crippen LogP contribution >= 0.6 is 0 Å². The van der Waals surface area contributed by atoms with Crippen molar-refractivity contribution in [3.8, 4) is 11.5 Å². The highest BCUT2D eigenvalue weighted by molar-refractivity contribution is 5.62. The normalized spacial score (nSPS) is 8.46. The van der Waals surface area contributed by atoms with Gasteiger partial charge in [-0.1, -0.05) is 6.07 Å². The lowest BCUT2D eigenvalue weighted by molar-refractivity contribution is -0.134. The van der Waals surface area contributed by atoms with Crippen LogP contribution in [0.3, 0.4) is 0 Å². The fourth-order valence-electron chi connectivity index (χ4n) is 0.633. The van der Waals surface area contributed by atoms with Crippen molar-refractivity contribution in [2.75, 3.05) is 0 Å². The highest BCUT2D eigenvalue weighted by Gasteiger charge is 1.94. The summed E-state index contributed by atoms with van der Waals surface area (Å²) in [5.74, 6) is -0.962. The van der Waals surface area contributed by atoms with Crippen molar-refractivity contribution in [1.29, 1.82) is 0 Å². The minimum atomic E-state index is -0.833. The van der Waals surface area contributed by atoms with Crippen molar-refractivity contribution in [2.45, 2.75) is 13.8 Å². The lowest BCUT2D eigenvalue weighted by Gasteiger charge is -1.95. The first-order chi connectivity index (χ1) is 5.93. The van der Waals surface area contributed by atoms with E-state index in [4.69, 9.17) is 20.1 Å². The van der Waals surface area contributed by atoms with E-state index in [1.165, 1.54) is 12.1 Å². The maximum atomic E-state index is 9.00. The highest BCUT2D eigenvalue weighted by Crippen LogP contribution is 2.23. The number of hydrogen-bond acceptors (Lipinski definition) is 3. The molecule has 0 aromatic heterocycles. The van der Waals surface area contributed by atoms with Crippen LogP contribution in [0.15, 0.2) is 18.2 Å². The minimum Gasteiger partial charge on any atom is -0.504 e. The Bertz CT molecular complexity index is 290. The zero-order valence-corrected chi connectivity index (χ0v) is 7.48. The molecular weight excluding hydrogens is 172 g/mol. The Morgan fingerprint density at radius 2 is 1.69 bits per heavy atom. The Labute approximate surface area is 76.1 Å². The second kappa shape index (κ2) is 5.03. The third kappa shape index (κ3) is 5.55. The number of phenols is 2. The lowest BCUT2D eigenvalue weighted by Crippen LogP contribution is -1.78. The van der Waals surface area contributed by atoms with Crippen LogP contribution < -0.4 is 0 Å². The van der Waals surface area contributed by atoms with Crippen LogP contribution in [0.2, 0.25) is 0 Å². The van der Waals surface area contributed by atoms with E-state index in [1.54, 1.807) is 6.07 Å². The summed E-state index contributed by atoms with van der Waals surface area (Å²) < 4.78 is 0. The summed E-state index contributed by atoms with van der Waals surface area (Å²) in [5, 5.41) is 25.1. The summed E-state index contributed by atoms with van der Waals surface area (Å²) in [4.78, 5) is 9.00. The fraction of sp³-hybridized carbons (Fsp3) is 0.222. The number of carbonyl (C=O) groups is 1. The number of rotatable bonds is 0. The van der Waals surface area contributed by atoms with Gasteiger partial charge < -0.3 is 15.3 Å². The third-order valence-electron chi connectivity index (χ3n) is 1.13. The molecule has 0 radical (unpaired) electrons. The summed E-state index contributed by atoms with van der Waals surface area (Å²) in [5.41, 5.74) is 0.935. The van der Waals surface area contributed by atoms with Crippen LogP contribution in [0.4, 0.5) is 0 Å². The van der Waals surface area contributed by atoms with Gasteiger partial charge in [-0.3, -0.25) is 4.79 Å². The Hall–Kier alpha value is -1.71. The van der Waals surface area contributed by atoms with Crippen LogP contribution in [0.25, 0.3) is 0 Å². The van der Waals surface area contributed by atoms with Gasteiger partial charge in [0.15, 0.2) is 11.5 Å². The molecule has 1 rings (SSSR count). The Balaban J connectivity index is 0.000000310. The molecule has 0 aliphatic carbocycles. The zero-order chi connectivity index (χ0) is 10.4. The molecular formula is C9H12O4. The number of benzene rings is 1. The molecule has 0 amide bonds. The summed E-state index contributed by atoms with van der Waals surface area (Å²) >= 11 is 0. The number of carboxylic acids is 1. The molecule has 3 N–H and O–H groups in total. The van der Waals surface area contributed by atoms with Crippen LogP contribution in [0.5, 0.6) is 11.5 Å². The summed E-state index contributed by atoms with van der Waals surface area (Å²) in [6, 6.07) is 4.70. The largest absolute Gasteiger partial charge is 0.504 e. The molecule has 0 bridgehead atoms. The summed E-state index contributed by atoms with van der Waals surface area (Å²) in [6.07, 6.45) is 0. The summed E-state index contributed by atoms with van der Waals surface area (Å²) in [6.45, 7) is 2.93. The first-order valence-corrected chi connectivity index (χ1v) is 3.61. The lowest BCUT2D eigenvalue weighted by atomic mass is 10.2. The molecule has 13 heavy (non-hydrogen) atoms. The molecule has 0 fully saturated rings. The van der Waals surface area contributed by atoms with Crippen molar-refractivity contribution in [2.24, 2.45) is 0 Å². The van der Waals surface area contributed by atoms with Gasteiger partial charge in [0.1, 0.15) is 0 Å². The van der Waals surface area contributed by atoms with Crippen molar-refractivity contribution in [3.63, 3.8) is 0 Å². The minimum absolute atomic E-state index is 0.0602. The number of aryl methyl sites for hydroxylation is 1. The molecule has 0 spiro atoms. The Morgan fingerprint density at radius 1 is 1.23 bits per heavy atom. The van der Waals surface area contributed by atoms with Crippen LogP contribution in [-0.4, -0.2) is 21.3 Å². The molecule has 0 saturated carbocycles. The van der Waals surface area contributed by atoms with Gasteiger partial charge >= 0.3 is 0 Å². The molecule has 0 aliphatic heterocycles. The van der Waals surface area contributed by atoms with Gasteiger partial charge in [0.05, 0.1) is 0 Å². The molecule has 4 nitrogen and oxygen atoms in total. The van der Waals surface area contributed by atoms with Gasteiger partial charge in [-0.2, -0.15) is 0 Å². The maximum Gasteiger partial charge on any atom is 0.300 e. The van der Waals surface area contributed by atoms with E-state index in [-0.39, 0.29) is 11.5 Å². The van der Waals surface area contributed by atoms with E-state index in [0.29, 0.717) is 0 Å². The van der Waals surface area contributed by atoms with Crippen molar-refractivity contribution in [3.05, 3.63) is 23.8 Å². The van der Waals surface area contributed by atoms with Crippen molar-refractivity contribution in [1.82, 2.24) is 0 Å². The van der Waals surface area contributed by atoms with Crippen molar-refractivity contribution >= 4 is 5.97 Å². The first-order valence-electron chi connectivity index (χ1n) is 3.61. The smallest absolute Gasteiger partial charge is 0.300 e. The quantitative estimate of drug-likeness (QED) is 0.534. The van der Waals surface area contributed by atoms with E-state index in [1.807, 2.05) is 6.92 Å². The van der Waals surface area contributed by atoms with Gasteiger partial charge in [-0.05, 0) is 24.6 Å². The Morgan fingerprint density at radius 3 is 2.00 bits per heavy atom. The van der Waals surface area contributed by atoms with Gasteiger partial charge in [0.2, 0.25) is 0 Å². The second-order valence-corrected chi connectivity index (χ2v) is 2.51. The van der Waals surface area contributed by atoms with E-state index in [9.17, 15) is 0 Å². The predicted molar refractivity (Wildman–Crippen MR) is 47.8 cm³/mol. The average Bonchev–Trinajstić information content (AvgIpc) is 1.96. The van der Waals surface area contributed by atoms with Gasteiger partial charge in [0.25, 0.3) is 5.97 Å². The standard InChI is InChI=1S/C7H8O2.C2H4O2/c1-5-2-3-6(8)7(9)4-5;1-2(3)4/h2-4,8-9H,1H3;1H3,(H,3,4). The monoisotopic (exact) mass is 184 g/mol. The van der Waals surface area contributed by atoms with E-state index in [2.05, 4.69) is 0 Å². The van der Waals surface area contributed by atoms with E-state index >= 15 is 0 Å². The molecule has 0 saturated heterocycles. The topological polar surface area (TPSA) is 77.8 Å². The molecule has 0 atom stereocenters. The number of carboxylic acid groups (broad SMARTS) is 1. The molecule has 0 unspecified atom stereocenters. The molecule has 0 heterocycles. The second-order valence-electron chi connectivity index (χ2n) is 2.51. The van der Waals surface area contributed by atoms with Crippen molar-refractivity contribution < 1.29 is 20.1 Å². The maximum absolute atomic E-state index is 9.00. The van der Waals surface area contributed by atoms with Crippen LogP contribution in [0, 0.1) is 6.92 Å². The average molecular weight is 184 g/mol. The molecule has 72 valence electrons. The van der Waals surface area contributed by atoms with E-state index < -0.39 is 5.97 Å². The Kier molecular flexibility index (Phi) is 4.37. The number of hydrogen-bond donors (Lipinski definition) is 3. The number of phenolic OH excluding ortho intramolecular Hbond substituents is 2. The van der Waals surface area contributed by atoms with Crippen LogP contribution in [-0.2, 0) is 4.79 Å². The number of aliphatic carboxylic acids is 1. The molecule has 1 aromatic rings. The zero-order valence-electron chi connectivity index (χ0n) is 7.48. The highest BCUT2D eigenvalue weighted by atomic mass is 16.4. The first kappa shape index (κ1) is 11.3. The fourth-order valence-corrected chi connectivity index (χ4v) is 0.633. The van der Waals surface area contributed by atoms with Gasteiger partial charge in [-0.25, -0.2) is 0 Å². The van der Waals surface area contributed by atoms with Gasteiger partial charge in [0, 0.05) is 6.92 Å². The molecule has 4 heteroatoms. The third-order valence-corrected chi connectivity index (χ3v) is 1.13. The van der Waals surface area contributed by atoms with Gasteiger partial charge in [-0.15, -0.1) is 0 Å². The molecule has 1 aromatic carbocycles. The predicted octanol–water partition coefficient (Wildman–Crippen LogP) is 1.50.